The molecule has 1 radical (unpaired) electrons. The van der Waals surface area contributed by atoms with Gasteiger partial charge in [0.1, 0.15) is 0 Å². The van der Waals surface area contributed by atoms with Crippen molar-refractivity contribution in [2.45, 2.75) is 41.8 Å². The number of alkyl halides is 2. The third-order valence-electron chi connectivity index (χ3n) is 2.03. The van der Waals surface area contributed by atoms with E-state index < -0.39 is 0 Å². The highest BCUT2D eigenvalue weighted by molar-refractivity contribution is 9.26. The molecule has 1 aliphatic rings. The molecule has 1 saturated carbocycles. The number of halogens is 3. The van der Waals surface area contributed by atoms with Crippen LogP contribution in [0, 0.1) is 4.83 Å². The second kappa shape index (κ2) is 4.61. The molecule has 65 valence electrons. The van der Waals surface area contributed by atoms with Crippen molar-refractivity contribution < 1.29 is 0 Å². The minimum atomic E-state index is 0.0699. The fourth-order valence-electron chi connectivity index (χ4n) is 1.30. The van der Waals surface area contributed by atoms with Crippen LogP contribution in [0.2, 0.25) is 0 Å². The standard InChI is InChI=1S/C8H12Br3/c9-7-5-3-1-2-4-6-8(7,10)11/h1-6H2. The molecule has 0 bridgehead atoms. The highest BCUT2D eigenvalue weighted by atomic mass is 79.9. The average molecular weight is 348 g/mol. The fourth-order valence-corrected chi connectivity index (χ4v) is 2.74. The van der Waals surface area contributed by atoms with Gasteiger partial charge in [0.05, 0.1) is 8.06 Å². The number of hydrogen-bond acceptors (Lipinski definition) is 0. The van der Waals surface area contributed by atoms with Crippen LogP contribution in [0.3, 0.4) is 0 Å². The van der Waals surface area contributed by atoms with Crippen molar-refractivity contribution >= 4 is 47.8 Å². The topological polar surface area (TPSA) is 0 Å². The summed E-state index contributed by atoms with van der Waals surface area (Å²) in [6, 6.07) is 0. The lowest BCUT2D eigenvalue weighted by molar-refractivity contribution is 0.557. The van der Waals surface area contributed by atoms with Gasteiger partial charge in [-0.1, -0.05) is 73.5 Å². The molecular formula is C8H12Br3. The molecule has 11 heavy (non-hydrogen) atoms. The first-order valence-electron chi connectivity index (χ1n) is 4.02. The van der Waals surface area contributed by atoms with Crippen molar-refractivity contribution in [2.75, 3.05) is 0 Å². The maximum atomic E-state index is 3.68. The van der Waals surface area contributed by atoms with Gasteiger partial charge in [0, 0.05) is 0 Å². The maximum Gasteiger partial charge on any atom is 0.0972 e. The summed E-state index contributed by atoms with van der Waals surface area (Å²) in [7, 11) is 0. The number of rotatable bonds is 0. The average Bonchev–Trinajstić information content (AvgIpc) is 1.93. The van der Waals surface area contributed by atoms with Gasteiger partial charge in [-0.3, -0.25) is 0 Å². The minimum absolute atomic E-state index is 0.0699. The molecular weight excluding hydrogens is 336 g/mol. The first kappa shape index (κ1) is 10.5. The monoisotopic (exact) mass is 345 g/mol. The number of hydrogen-bond donors (Lipinski definition) is 0. The molecule has 3 heteroatoms. The zero-order valence-corrected chi connectivity index (χ0v) is 11.1. The highest BCUT2D eigenvalue weighted by Crippen LogP contribution is 2.47. The van der Waals surface area contributed by atoms with Gasteiger partial charge in [-0.25, -0.2) is 0 Å². The molecule has 0 aromatic rings. The smallest absolute Gasteiger partial charge is 0.0812 e. The van der Waals surface area contributed by atoms with Crippen molar-refractivity contribution in [2.24, 2.45) is 0 Å². The van der Waals surface area contributed by atoms with Crippen molar-refractivity contribution in [3.05, 3.63) is 4.83 Å². The van der Waals surface area contributed by atoms with Crippen LogP contribution in [0.4, 0.5) is 0 Å². The zero-order chi connectivity index (χ0) is 8.32. The Bertz CT molecular complexity index is 123. The van der Waals surface area contributed by atoms with Crippen molar-refractivity contribution in [1.29, 1.82) is 0 Å². The molecule has 0 aromatic heterocycles. The predicted octanol–water partition coefficient (Wildman–Crippen LogP) is 4.75. The van der Waals surface area contributed by atoms with Gasteiger partial charge < -0.3 is 0 Å². The Morgan fingerprint density at radius 2 is 1.64 bits per heavy atom. The summed E-state index contributed by atoms with van der Waals surface area (Å²) in [4.78, 5) is 1.37. The summed E-state index contributed by atoms with van der Waals surface area (Å²) >= 11 is 11.0. The Kier molecular flexibility index (Phi) is 4.41. The summed E-state index contributed by atoms with van der Waals surface area (Å²) in [5, 5.41) is 0. The largest absolute Gasteiger partial charge is 0.0972 e. The third-order valence-corrected chi connectivity index (χ3v) is 5.92. The lowest BCUT2D eigenvalue weighted by Crippen LogP contribution is -2.19. The van der Waals surface area contributed by atoms with E-state index in [9.17, 15) is 0 Å². The van der Waals surface area contributed by atoms with Gasteiger partial charge in [-0.05, 0) is 12.8 Å². The van der Waals surface area contributed by atoms with Crippen LogP contribution >= 0.6 is 47.8 Å². The molecule has 0 N–H and O–H groups in total. The van der Waals surface area contributed by atoms with Crippen LogP contribution in [0.5, 0.6) is 0 Å². The molecule has 0 aliphatic heterocycles. The van der Waals surface area contributed by atoms with Crippen LogP contribution in [0.25, 0.3) is 0 Å². The van der Waals surface area contributed by atoms with Crippen LogP contribution in [-0.4, -0.2) is 3.23 Å². The molecule has 1 rings (SSSR count). The van der Waals surface area contributed by atoms with Crippen LogP contribution in [0.15, 0.2) is 0 Å². The van der Waals surface area contributed by atoms with Gasteiger partial charge in [0.2, 0.25) is 0 Å². The Labute approximate surface area is 93.9 Å². The Morgan fingerprint density at radius 3 is 2.36 bits per heavy atom. The quantitative estimate of drug-likeness (QED) is 0.554. The molecule has 0 aromatic carbocycles. The van der Waals surface area contributed by atoms with Crippen molar-refractivity contribution in [3.63, 3.8) is 0 Å². The molecule has 0 amide bonds. The SMILES string of the molecule is Br[C]1CCCCCCC1(Br)Br. The van der Waals surface area contributed by atoms with Crippen molar-refractivity contribution in [3.8, 4) is 0 Å². The highest BCUT2D eigenvalue weighted by Gasteiger charge is 2.32. The Balaban J connectivity index is 2.47. The van der Waals surface area contributed by atoms with Gasteiger partial charge in [-0.15, -0.1) is 0 Å². The summed E-state index contributed by atoms with van der Waals surface area (Å²) in [5.41, 5.74) is 0. The van der Waals surface area contributed by atoms with E-state index in [-0.39, 0.29) is 3.23 Å². The molecule has 0 nitrogen and oxygen atoms in total. The predicted molar refractivity (Wildman–Crippen MR) is 60.5 cm³/mol. The molecule has 0 saturated heterocycles. The van der Waals surface area contributed by atoms with E-state index in [1.54, 1.807) is 0 Å². The van der Waals surface area contributed by atoms with Crippen LogP contribution in [-0.2, 0) is 0 Å². The summed E-state index contributed by atoms with van der Waals surface area (Å²) in [6.45, 7) is 0. The van der Waals surface area contributed by atoms with E-state index in [0.717, 1.165) is 0 Å². The molecule has 0 unspecified atom stereocenters. The minimum Gasteiger partial charge on any atom is -0.0812 e. The molecule has 1 fully saturated rings. The first-order chi connectivity index (χ1) is 5.13. The summed E-state index contributed by atoms with van der Waals surface area (Å²) < 4.78 is 0.0699. The normalized spacial score (nSPS) is 27.5. The van der Waals surface area contributed by atoms with E-state index >= 15 is 0 Å². The van der Waals surface area contributed by atoms with Crippen LogP contribution < -0.4 is 0 Å². The van der Waals surface area contributed by atoms with Crippen molar-refractivity contribution in [1.82, 2.24) is 0 Å². The summed E-state index contributed by atoms with van der Waals surface area (Å²) in [6.07, 6.45) is 7.76. The molecule has 0 atom stereocenters. The van der Waals surface area contributed by atoms with Gasteiger partial charge in [-0.2, -0.15) is 0 Å². The van der Waals surface area contributed by atoms with Gasteiger partial charge >= 0.3 is 0 Å². The van der Waals surface area contributed by atoms with E-state index in [1.165, 1.54) is 43.4 Å². The van der Waals surface area contributed by atoms with Gasteiger partial charge in [0.15, 0.2) is 0 Å². The molecule has 0 spiro atoms. The molecule has 1 aliphatic carbocycles. The first-order valence-corrected chi connectivity index (χ1v) is 6.40. The fraction of sp³-hybridized carbons (Fsp3) is 0.875. The second-order valence-electron chi connectivity index (χ2n) is 3.02. The second-order valence-corrected chi connectivity index (χ2v) is 7.75. The zero-order valence-electron chi connectivity index (χ0n) is 6.38. The third kappa shape index (κ3) is 3.35. The van der Waals surface area contributed by atoms with E-state index in [4.69, 9.17) is 0 Å². The maximum absolute atomic E-state index is 3.68. The lowest BCUT2D eigenvalue weighted by atomic mass is 10.0. The van der Waals surface area contributed by atoms with E-state index in [0.29, 0.717) is 0 Å². The van der Waals surface area contributed by atoms with Crippen LogP contribution in [0.1, 0.15) is 38.5 Å². The van der Waals surface area contributed by atoms with Gasteiger partial charge in [0.25, 0.3) is 0 Å². The molecule has 0 heterocycles. The van der Waals surface area contributed by atoms with E-state index in [1.807, 2.05) is 0 Å². The summed E-state index contributed by atoms with van der Waals surface area (Å²) in [5.74, 6) is 0. The Morgan fingerprint density at radius 1 is 1.00 bits per heavy atom. The van der Waals surface area contributed by atoms with E-state index in [2.05, 4.69) is 47.8 Å². The lowest BCUT2D eigenvalue weighted by Gasteiger charge is -2.27. The Hall–Kier alpha value is 1.44.